The lowest BCUT2D eigenvalue weighted by atomic mass is 10.4. The Hall–Kier alpha value is -1.12. The van der Waals surface area contributed by atoms with Crippen molar-refractivity contribution >= 4 is 16.5 Å². The fourth-order valence-corrected chi connectivity index (χ4v) is 2.20. The molecule has 0 aliphatic carbocycles. The third-order valence-electron chi connectivity index (χ3n) is 2.11. The van der Waals surface area contributed by atoms with Crippen molar-refractivity contribution in [2.45, 2.75) is 26.3 Å². The van der Waals surface area contributed by atoms with Gasteiger partial charge in [0, 0.05) is 37.1 Å². The molecule has 0 radical (unpaired) electrons. The Morgan fingerprint density at radius 3 is 3.12 bits per heavy atom. The van der Waals surface area contributed by atoms with Gasteiger partial charge >= 0.3 is 0 Å². The van der Waals surface area contributed by atoms with Gasteiger partial charge in [-0.05, 0) is 13.5 Å². The maximum Gasteiger partial charge on any atom is 0.182 e. The fourth-order valence-electron chi connectivity index (χ4n) is 1.28. The smallest absolute Gasteiger partial charge is 0.182 e. The summed E-state index contributed by atoms with van der Waals surface area (Å²) >= 11 is 1.69. The molecular formula is C11H18N4S. The highest BCUT2D eigenvalue weighted by atomic mass is 32.1. The van der Waals surface area contributed by atoms with Crippen molar-refractivity contribution in [3.63, 3.8) is 0 Å². The van der Waals surface area contributed by atoms with E-state index in [-0.39, 0.29) is 0 Å². The van der Waals surface area contributed by atoms with Crippen LogP contribution >= 0.6 is 11.3 Å². The van der Waals surface area contributed by atoms with Gasteiger partial charge in [0.2, 0.25) is 0 Å². The van der Waals surface area contributed by atoms with Crippen LogP contribution in [0.3, 0.4) is 0 Å². The molecule has 16 heavy (non-hydrogen) atoms. The van der Waals surface area contributed by atoms with Gasteiger partial charge in [0.25, 0.3) is 0 Å². The molecule has 1 rings (SSSR count). The van der Waals surface area contributed by atoms with Crippen LogP contribution < -0.4 is 5.32 Å². The van der Waals surface area contributed by atoms with Crippen LogP contribution in [0.5, 0.6) is 0 Å². The average Bonchev–Trinajstić information content (AvgIpc) is 2.71. The number of rotatable bonds is 7. The van der Waals surface area contributed by atoms with Crippen LogP contribution in [0.4, 0.5) is 5.13 Å². The molecule has 4 nitrogen and oxygen atoms in total. The molecule has 1 aromatic heterocycles. The largest absolute Gasteiger partial charge is 0.362 e. The zero-order chi connectivity index (χ0) is 11.8. The Kier molecular flexibility index (Phi) is 5.83. The predicted octanol–water partition coefficient (Wildman–Crippen LogP) is 2.31. The van der Waals surface area contributed by atoms with Crippen molar-refractivity contribution < 1.29 is 0 Å². The van der Waals surface area contributed by atoms with Crippen LogP contribution in [0.1, 0.15) is 24.6 Å². The third-order valence-corrected chi connectivity index (χ3v) is 3.05. The number of thiazole rings is 1. The average molecular weight is 238 g/mol. The molecule has 0 amide bonds. The summed E-state index contributed by atoms with van der Waals surface area (Å²) in [5.41, 5.74) is 0. The van der Waals surface area contributed by atoms with Gasteiger partial charge in [-0.25, -0.2) is 4.98 Å². The van der Waals surface area contributed by atoms with Gasteiger partial charge < -0.3 is 10.2 Å². The topological polar surface area (TPSA) is 52.0 Å². The van der Waals surface area contributed by atoms with E-state index >= 15 is 0 Å². The highest BCUT2D eigenvalue weighted by molar-refractivity contribution is 7.15. The second-order valence-corrected chi connectivity index (χ2v) is 4.82. The number of hydrogen-bond acceptors (Lipinski definition) is 5. The Morgan fingerprint density at radius 1 is 1.62 bits per heavy atom. The summed E-state index contributed by atoms with van der Waals surface area (Å²) in [7, 11) is 2.02. The van der Waals surface area contributed by atoms with E-state index in [0.29, 0.717) is 6.42 Å². The summed E-state index contributed by atoms with van der Waals surface area (Å²) in [6.07, 6.45) is 3.60. The first-order valence-electron chi connectivity index (χ1n) is 5.50. The van der Waals surface area contributed by atoms with E-state index < -0.39 is 0 Å². The van der Waals surface area contributed by atoms with E-state index in [0.717, 1.165) is 31.2 Å². The summed E-state index contributed by atoms with van der Waals surface area (Å²) in [5, 5.41) is 12.7. The molecule has 5 heteroatoms. The van der Waals surface area contributed by atoms with Gasteiger partial charge in [0.05, 0.1) is 6.07 Å². The van der Waals surface area contributed by atoms with Crippen molar-refractivity contribution in [1.29, 1.82) is 5.26 Å². The van der Waals surface area contributed by atoms with Gasteiger partial charge in [-0.1, -0.05) is 6.92 Å². The minimum atomic E-state index is 0.580. The summed E-state index contributed by atoms with van der Waals surface area (Å²) in [6, 6.07) is 2.15. The first-order valence-corrected chi connectivity index (χ1v) is 6.32. The number of nitrogens with zero attached hydrogens (tertiary/aromatic N) is 3. The molecule has 0 saturated heterocycles. The summed E-state index contributed by atoms with van der Waals surface area (Å²) in [6.45, 7) is 4.79. The first kappa shape index (κ1) is 12.9. The summed E-state index contributed by atoms with van der Waals surface area (Å²) < 4.78 is 0. The van der Waals surface area contributed by atoms with Crippen molar-refractivity contribution in [3.05, 3.63) is 11.1 Å². The predicted molar refractivity (Wildman–Crippen MR) is 67.5 cm³/mol. The second kappa shape index (κ2) is 7.20. The van der Waals surface area contributed by atoms with Crippen LogP contribution in [0.15, 0.2) is 6.20 Å². The molecule has 1 N–H and O–H groups in total. The molecule has 88 valence electrons. The van der Waals surface area contributed by atoms with E-state index in [1.165, 1.54) is 4.88 Å². The number of nitriles is 1. The number of nitrogens with one attached hydrogen (secondary N) is 1. The monoisotopic (exact) mass is 238 g/mol. The minimum Gasteiger partial charge on any atom is -0.362 e. The zero-order valence-electron chi connectivity index (χ0n) is 9.86. The van der Waals surface area contributed by atoms with Gasteiger partial charge in [0.1, 0.15) is 0 Å². The SMILES string of the molecule is CCCNc1ncc(CN(C)CCC#N)s1. The van der Waals surface area contributed by atoms with Crippen molar-refractivity contribution in [2.75, 3.05) is 25.5 Å². The molecule has 0 unspecified atom stereocenters. The molecular weight excluding hydrogens is 220 g/mol. The van der Waals surface area contributed by atoms with Gasteiger partial charge in [0.15, 0.2) is 5.13 Å². The molecule has 0 bridgehead atoms. The van der Waals surface area contributed by atoms with Gasteiger partial charge in [-0.2, -0.15) is 5.26 Å². The summed E-state index contributed by atoms with van der Waals surface area (Å²) in [5.74, 6) is 0. The van der Waals surface area contributed by atoms with Crippen LogP contribution in [-0.2, 0) is 6.54 Å². The van der Waals surface area contributed by atoms with Crippen LogP contribution in [0.2, 0.25) is 0 Å². The lowest BCUT2D eigenvalue weighted by Crippen LogP contribution is -2.17. The number of hydrogen-bond donors (Lipinski definition) is 1. The fraction of sp³-hybridized carbons (Fsp3) is 0.636. The number of anilines is 1. The number of aromatic nitrogens is 1. The molecule has 0 saturated carbocycles. The highest BCUT2D eigenvalue weighted by Crippen LogP contribution is 2.19. The lowest BCUT2D eigenvalue weighted by molar-refractivity contribution is 0.338. The third kappa shape index (κ3) is 4.60. The highest BCUT2D eigenvalue weighted by Gasteiger charge is 2.04. The maximum absolute atomic E-state index is 8.49. The molecule has 0 aliphatic rings. The molecule has 1 aromatic rings. The summed E-state index contributed by atoms with van der Waals surface area (Å²) in [4.78, 5) is 7.68. The van der Waals surface area contributed by atoms with E-state index in [1.807, 2.05) is 13.2 Å². The van der Waals surface area contributed by atoms with Gasteiger partial charge in [-0.15, -0.1) is 11.3 Å². The van der Waals surface area contributed by atoms with E-state index in [9.17, 15) is 0 Å². The minimum absolute atomic E-state index is 0.580. The maximum atomic E-state index is 8.49. The van der Waals surface area contributed by atoms with Crippen LogP contribution in [0.25, 0.3) is 0 Å². The molecule has 0 atom stereocenters. The molecule has 0 aromatic carbocycles. The normalized spacial score (nSPS) is 10.4. The van der Waals surface area contributed by atoms with E-state index in [1.54, 1.807) is 11.3 Å². The lowest BCUT2D eigenvalue weighted by Gasteiger charge is -2.12. The molecule has 0 spiro atoms. The Labute approximate surface area is 101 Å². The van der Waals surface area contributed by atoms with Crippen molar-refractivity contribution in [1.82, 2.24) is 9.88 Å². The molecule has 0 aliphatic heterocycles. The van der Waals surface area contributed by atoms with E-state index in [4.69, 9.17) is 5.26 Å². The van der Waals surface area contributed by atoms with Crippen LogP contribution in [-0.4, -0.2) is 30.0 Å². The van der Waals surface area contributed by atoms with Crippen LogP contribution in [0, 0.1) is 11.3 Å². The zero-order valence-corrected chi connectivity index (χ0v) is 10.7. The van der Waals surface area contributed by atoms with Gasteiger partial charge in [-0.3, -0.25) is 0 Å². The molecule has 1 heterocycles. The standard InChI is InChI=1S/C11H18N4S/c1-3-6-13-11-14-8-10(16-11)9-15(2)7-4-5-12/h8H,3-4,6-7,9H2,1-2H3,(H,13,14). The quantitative estimate of drug-likeness (QED) is 0.792. The Bertz CT molecular complexity index is 342. The molecule has 0 fully saturated rings. The van der Waals surface area contributed by atoms with Crippen molar-refractivity contribution in [3.8, 4) is 6.07 Å². The first-order chi connectivity index (χ1) is 7.76. The Balaban J connectivity index is 2.36. The van der Waals surface area contributed by atoms with E-state index in [2.05, 4.69) is 28.2 Å². The Morgan fingerprint density at radius 2 is 2.44 bits per heavy atom. The second-order valence-electron chi connectivity index (χ2n) is 3.70. The van der Waals surface area contributed by atoms with Crippen molar-refractivity contribution in [2.24, 2.45) is 0 Å².